The quantitative estimate of drug-likeness (QED) is 0.389. The molecule has 0 bridgehead atoms. The molecule has 2 heterocycles. The van der Waals surface area contributed by atoms with Crippen molar-refractivity contribution in [2.24, 2.45) is 10.9 Å². The molecular formula is C13H17N5OS. The van der Waals surface area contributed by atoms with Gasteiger partial charge in [0, 0.05) is 23.2 Å². The summed E-state index contributed by atoms with van der Waals surface area (Å²) in [5.41, 5.74) is 9.98. The first-order valence-electron chi connectivity index (χ1n) is 6.08. The lowest BCUT2D eigenvalue weighted by Gasteiger charge is -2.19. The van der Waals surface area contributed by atoms with Gasteiger partial charge in [-0.15, -0.1) is 11.3 Å². The van der Waals surface area contributed by atoms with Crippen molar-refractivity contribution in [3.8, 4) is 0 Å². The van der Waals surface area contributed by atoms with Crippen LogP contribution in [0.5, 0.6) is 0 Å². The number of anilines is 1. The first-order chi connectivity index (χ1) is 9.51. The Morgan fingerprint density at radius 2 is 2.20 bits per heavy atom. The molecule has 20 heavy (non-hydrogen) atoms. The van der Waals surface area contributed by atoms with Gasteiger partial charge in [-0.25, -0.2) is 9.97 Å². The zero-order valence-corrected chi connectivity index (χ0v) is 12.5. The van der Waals surface area contributed by atoms with E-state index in [0.29, 0.717) is 5.56 Å². The van der Waals surface area contributed by atoms with Crippen LogP contribution in [0, 0.1) is 13.8 Å². The number of pyridine rings is 1. The average Bonchev–Trinajstić information content (AvgIpc) is 2.82. The SMILES string of the molecule is Cc1cc(/C(N)=N/O)cc(N(C)Cc2scnc2C)n1. The summed E-state index contributed by atoms with van der Waals surface area (Å²) < 4.78 is 0. The van der Waals surface area contributed by atoms with Gasteiger partial charge >= 0.3 is 0 Å². The third-order valence-corrected chi connectivity index (χ3v) is 3.88. The monoisotopic (exact) mass is 291 g/mol. The maximum Gasteiger partial charge on any atom is 0.170 e. The second-order valence-corrected chi connectivity index (χ2v) is 5.50. The van der Waals surface area contributed by atoms with Crippen LogP contribution in [0.4, 0.5) is 5.82 Å². The lowest BCUT2D eigenvalue weighted by Crippen LogP contribution is -2.20. The molecule has 0 spiro atoms. The van der Waals surface area contributed by atoms with E-state index >= 15 is 0 Å². The smallest absolute Gasteiger partial charge is 0.170 e. The van der Waals surface area contributed by atoms with Crippen molar-refractivity contribution in [2.45, 2.75) is 20.4 Å². The molecule has 0 aliphatic carbocycles. The molecule has 6 nitrogen and oxygen atoms in total. The van der Waals surface area contributed by atoms with Gasteiger partial charge in [0.2, 0.25) is 0 Å². The molecule has 0 saturated carbocycles. The highest BCUT2D eigenvalue weighted by Crippen LogP contribution is 2.19. The fourth-order valence-electron chi connectivity index (χ4n) is 1.83. The molecule has 7 heteroatoms. The molecule has 0 amide bonds. The maximum absolute atomic E-state index is 8.77. The molecule has 2 aromatic rings. The van der Waals surface area contributed by atoms with Crippen LogP contribution in [-0.2, 0) is 6.54 Å². The summed E-state index contributed by atoms with van der Waals surface area (Å²) in [6.07, 6.45) is 0. The van der Waals surface area contributed by atoms with E-state index in [9.17, 15) is 0 Å². The Bertz CT molecular complexity index is 637. The van der Waals surface area contributed by atoms with E-state index in [2.05, 4.69) is 15.1 Å². The van der Waals surface area contributed by atoms with E-state index in [-0.39, 0.29) is 5.84 Å². The number of rotatable bonds is 4. The minimum absolute atomic E-state index is 0.0825. The summed E-state index contributed by atoms with van der Waals surface area (Å²) in [5, 5.41) is 11.8. The molecule has 3 N–H and O–H groups in total. The number of aromatic nitrogens is 2. The van der Waals surface area contributed by atoms with Gasteiger partial charge in [0.15, 0.2) is 5.84 Å². The van der Waals surface area contributed by atoms with Gasteiger partial charge in [0.1, 0.15) is 5.82 Å². The zero-order valence-electron chi connectivity index (χ0n) is 11.7. The molecule has 106 valence electrons. The van der Waals surface area contributed by atoms with Gasteiger partial charge < -0.3 is 15.8 Å². The first-order valence-corrected chi connectivity index (χ1v) is 6.96. The first kappa shape index (κ1) is 14.3. The summed E-state index contributed by atoms with van der Waals surface area (Å²) in [7, 11) is 1.96. The van der Waals surface area contributed by atoms with Crippen LogP contribution < -0.4 is 10.6 Å². The van der Waals surface area contributed by atoms with Gasteiger partial charge in [0.25, 0.3) is 0 Å². The van der Waals surface area contributed by atoms with Crippen molar-refractivity contribution in [3.63, 3.8) is 0 Å². The molecule has 0 saturated heterocycles. The third-order valence-electron chi connectivity index (χ3n) is 2.96. The van der Waals surface area contributed by atoms with Gasteiger partial charge in [-0.05, 0) is 26.0 Å². The van der Waals surface area contributed by atoms with Crippen LogP contribution in [0.1, 0.15) is 21.8 Å². The fourth-order valence-corrected chi connectivity index (χ4v) is 2.66. The molecule has 2 rings (SSSR count). The largest absolute Gasteiger partial charge is 0.409 e. The standard InChI is InChI=1S/C13H17N5OS/c1-8-4-10(13(14)17-19)5-12(16-8)18(3)6-11-9(2)15-7-20-11/h4-5,7,19H,6H2,1-3H3,(H2,14,17). The highest BCUT2D eigenvalue weighted by molar-refractivity contribution is 7.09. The molecule has 0 aliphatic heterocycles. The van der Waals surface area contributed by atoms with Crippen molar-refractivity contribution in [3.05, 3.63) is 39.5 Å². The van der Waals surface area contributed by atoms with Crippen molar-refractivity contribution in [1.82, 2.24) is 9.97 Å². The Labute approximate surface area is 121 Å². The van der Waals surface area contributed by atoms with Crippen molar-refractivity contribution in [1.29, 1.82) is 0 Å². The molecule has 0 aliphatic rings. The van der Waals surface area contributed by atoms with E-state index < -0.39 is 0 Å². The Morgan fingerprint density at radius 1 is 1.45 bits per heavy atom. The Balaban J connectivity index is 2.28. The Morgan fingerprint density at radius 3 is 2.80 bits per heavy atom. The topological polar surface area (TPSA) is 87.6 Å². The van der Waals surface area contributed by atoms with Crippen LogP contribution in [0.2, 0.25) is 0 Å². The highest BCUT2D eigenvalue weighted by Gasteiger charge is 2.10. The predicted molar refractivity (Wildman–Crippen MR) is 80.4 cm³/mol. The zero-order chi connectivity index (χ0) is 14.7. The average molecular weight is 291 g/mol. The van der Waals surface area contributed by atoms with E-state index in [1.54, 1.807) is 23.5 Å². The van der Waals surface area contributed by atoms with E-state index in [1.165, 1.54) is 4.88 Å². The number of oxime groups is 1. The van der Waals surface area contributed by atoms with Crippen LogP contribution in [0.25, 0.3) is 0 Å². The lowest BCUT2D eigenvalue weighted by atomic mass is 10.2. The van der Waals surface area contributed by atoms with Crippen LogP contribution in [-0.4, -0.2) is 28.1 Å². The van der Waals surface area contributed by atoms with Crippen LogP contribution in [0.3, 0.4) is 0 Å². The number of hydrogen-bond acceptors (Lipinski definition) is 6. The highest BCUT2D eigenvalue weighted by atomic mass is 32.1. The second-order valence-electron chi connectivity index (χ2n) is 4.56. The number of hydrogen-bond donors (Lipinski definition) is 2. The van der Waals surface area contributed by atoms with E-state index in [4.69, 9.17) is 10.9 Å². The summed E-state index contributed by atoms with van der Waals surface area (Å²) >= 11 is 1.62. The van der Waals surface area contributed by atoms with Crippen molar-refractivity contribution >= 4 is 23.0 Å². The van der Waals surface area contributed by atoms with Crippen LogP contribution >= 0.6 is 11.3 Å². The van der Waals surface area contributed by atoms with Gasteiger partial charge in [-0.1, -0.05) is 5.16 Å². The molecule has 0 unspecified atom stereocenters. The van der Waals surface area contributed by atoms with E-state index in [1.807, 2.05) is 31.3 Å². The van der Waals surface area contributed by atoms with Crippen LogP contribution in [0.15, 0.2) is 22.8 Å². The summed E-state index contributed by atoms with van der Waals surface area (Å²) in [6, 6.07) is 3.59. The van der Waals surface area contributed by atoms with Gasteiger partial charge in [0.05, 0.1) is 17.7 Å². The summed E-state index contributed by atoms with van der Waals surface area (Å²) in [5.74, 6) is 0.860. The minimum atomic E-state index is 0.0825. The number of thiazole rings is 1. The van der Waals surface area contributed by atoms with Crippen molar-refractivity contribution in [2.75, 3.05) is 11.9 Å². The number of aryl methyl sites for hydroxylation is 2. The van der Waals surface area contributed by atoms with Crippen molar-refractivity contribution < 1.29 is 5.21 Å². The molecule has 0 radical (unpaired) electrons. The number of amidine groups is 1. The molecule has 2 aromatic heterocycles. The van der Waals surface area contributed by atoms with Gasteiger partial charge in [-0.3, -0.25) is 0 Å². The minimum Gasteiger partial charge on any atom is -0.409 e. The Kier molecular flexibility index (Phi) is 4.19. The molecule has 0 atom stereocenters. The molecule has 0 aromatic carbocycles. The second kappa shape index (κ2) is 5.87. The maximum atomic E-state index is 8.77. The van der Waals surface area contributed by atoms with Gasteiger partial charge in [-0.2, -0.15) is 0 Å². The summed E-state index contributed by atoms with van der Waals surface area (Å²) in [6.45, 7) is 4.59. The molecule has 0 fully saturated rings. The Hall–Kier alpha value is -2.15. The normalized spacial score (nSPS) is 11.7. The summed E-state index contributed by atoms with van der Waals surface area (Å²) in [4.78, 5) is 11.9. The fraction of sp³-hybridized carbons (Fsp3) is 0.308. The third kappa shape index (κ3) is 3.05. The number of nitrogens with zero attached hydrogens (tertiary/aromatic N) is 4. The lowest BCUT2D eigenvalue weighted by molar-refractivity contribution is 0.318. The van der Waals surface area contributed by atoms with E-state index in [0.717, 1.165) is 23.8 Å². The number of nitrogens with two attached hydrogens (primary N) is 1. The molecular weight excluding hydrogens is 274 g/mol. The predicted octanol–water partition coefficient (Wildman–Crippen LogP) is 1.89.